The Morgan fingerprint density at radius 2 is 1.92 bits per heavy atom. The third-order valence-electron chi connectivity index (χ3n) is 3.14. The van der Waals surface area contributed by atoms with Crippen LogP contribution in [0.2, 0.25) is 5.02 Å². The molecule has 8 heteroatoms. The fourth-order valence-corrected chi connectivity index (χ4v) is 2.30. The van der Waals surface area contributed by atoms with Crippen LogP contribution < -0.4 is 10.6 Å². The summed E-state index contributed by atoms with van der Waals surface area (Å²) >= 11 is 10.8. The van der Waals surface area contributed by atoms with Gasteiger partial charge in [0.05, 0.1) is 4.92 Å². The standard InChI is InChI=1S/C17H14ClN3O3S/c1-11-2-4-12(5-3-11)6-9-16(22)20-17(25)19-13-7-8-14(18)15(10-13)21(23)24/h2-10H,1H3,(H2,19,20,22,25). The largest absolute Gasteiger partial charge is 0.332 e. The Morgan fingerprint density at radius 1 is 1.24 bits per heavy atom. The lowest BCUT2D eigenvalue weighted by Crippen LogP contribution is -2.32. The molecule has 0 aromatic heterocycles. The van der Waals surface area contributed by atoms with Crippen molar-refractivity contribution in [2.45, 2.75) is 6.92 Å². The first-order valence-electron chi connectivity index (χ1n) is 7.16. The molecule has 0 unspecified atom stereocenters. The smallest absolute Gasteiger partial charge is 0.289 e. The van der Waals surface area contributed by atoms with Gasteiger partial charge in [0.15, 0.2) is 5.11 Å². The number of halogens is 1. The number of aryl methyl sites for hydroxylation is 1. The van der Waals surface area contributed by atoms with E-state index in [0.29, 0.717) is 5.69 Å². The number of hydrogen-bond donors (Lipinski definition) is 2. The number of nitrogens with zero attached hydrogens (tertiary/aromatic N) is 1. The maximum atomic E-state index is 11.9. The van der Waals surface area contributed by atoms with Crippen molar-refractivity contribution in [3.8, 4) is 0 Å². The van der Waals surface area contributed by atoms with Crippen molar-refractivity contribution in [3.63, 3.8) is 0 Å². The van der Waals surface area contributed by atoms with Gasteiger partial charge in [0.1, 0.15) is 5.02 Å². The second kappa shape index (κ2) is 8.36. The van der Waals surface area contributed by atoms with Crippen LogP contribution in [0.4, 0.5) is 11.4 Å². The zero-order chi connectivity index (χ0) is 18.4. The Morgan fingerprint density at radius 3 is 2.56 bits per heavy atom. The molecule has 2 aromatic rings. The van der Waals surface area contributed by atoms with E-state index in [1.165, 1.54) is 24.3 Å². The van der Waals surface area contributed by atoms with E-state index >= 15 is 0 Å². The summed E-state index contributed by atoms with van der Waals surface area (Å²) in [5, 5.41) is 16.1. The first-order chi connectivity index (χ1) is 11.8. The van der Waals surface area contributed by atoms with E-state index in [9.17, 15) is 14.9 Å². The number of anilines is 1. The highest BCUT2D eigenvalue weighted by Crippen LogP contribution is 2.27. The minimum absolute atomic E-state index is 0.0199. The fraction of sp³-hybridized carbons (Fsp3) is 0.0588. The lowest BCUT2D eigenvalue weighted by Gasteiger charge is -2.08. The first-order valence-corrected chi connectivity index (χ1v) is 7.94. The summed E-state index contributed by atoms with van der Waals surface area (Å²) in [4.78, 5) is 22.1. The number of nitro benzene ring substituents is 1. The van der Waals surface area contributed by atoms with Crippen LogP contribution in [0.3, 0.4) is 0 Å². The van der Waals surface area contributed by atoms with Crippen LogP contribution in [-0.4, -0.2) is 15.9 Å². The number of nitrogens with one attached hydrogen (secondary N) is 2. The van der Waals surface area contributed by atoms with Gasteiger partial charge in [-0.1, -0.05) is 41.4 Å². The van der Waals surface area contributed by atoms with Crippen LogP contribution in [-0.2, 0) is 4.79 Å². The summed E-state index contributed by atoms with van der Waals surface area (Å²) in [5.41, 5.74) is 2.11. The minimum atomic E-state index is -0.598. The molecular weight excluding hydrogens is 362 g/mol. The third-order valence-corrected chi connectivity index (χ3v) is 3.67. The highest BCUT2D eigenvalue weighted by molar-refractivity contribution is 7.80. The lowest BCUT2D eigenvalue weighted by molar-refractivity contribution is -0.384. The molecule has 2 rings (SSSR count). The van der Waals surface area contributed by atoms with E-state index in [2.05, 4.69) is 10.6 Å². The summed E-state index contributed by atoms with van der Waals surface area (Å²) in [6.45, 7) is 1.98. The lowest BCUT2D eigenvalue weighted by atomic mass is 10.1. The Labute approximate surface area is 154 Å². The Bertz CT molecular complexity index is 851. The van der Waals surface area contributed by atoms with Gasteiger partial charge in [0.2, 0.25) is 5.91 Å². The van der Waals surface area contributed by atoms with E-state index in [4.69, 9.17) is 23.8 Å². The topological polar surface area (TPSA) is 84.3 Å². The predicted molar refractivity (Wildman–Crippen MR) is 103 cm³/mol. The second-order valence-corrected chi connectivity index (χ2v) is 5.93. The number of thiocarbonyl (C=S) groups is 1. The van der Waals surface area contributed by atoms with Gasteiger partial charge < -0.3 is 5.32 Å². The Balaban J connectivity index is 1.95. The molecular formula is C17H14ClN3O3S. The van der Waals surface area contributed by atoms with Crippen molar-refractivity contribution in [1.82, 2.24) is 5.32 Å². The molecule has 0 aliphatic rings. The van der Waals surface area contributed by atoms with Crippen molar-refractivity contribution >= 4 is 52.3 Å². The number of benzene rings is 2. The van der Waals surface area contributed by atoms with E-state index in [-0.39, 0.29) is 15.8 Å². The monoisotopic (exact) mass is 375 g/mol. The number of amides is 1. The van der Waals surface area contributed by atoms with Gasteiger partial charge in [-0.05, 0) is 42.9 Å². The molecule has 2 aromatic carbocycles. The molecule has 0 fully saturated rings. The van der Waals surface area contributed by atoms with Crippen LogP contribution in [0, 0.1) is 17.0 Å². The van der Waals surface area contributed by atoms with Crippen LogP contribution in [0.1, 0.15) is 11.1 Å². The van der Waals surface area contributed by atoms with Gasteiger partial charge in [-0.25, -0.2) is 0 Å². The molecule has 0 aliphatic heterocycles. The summed E-state index contributed by atoms with van der Waals surface area (Å²) < 4.78 is 0. The predicted octanol–water partition coefficient (Wildman–Crippen LogP) is 4.08. The molecule has 0 aliphatic carbocycles. The second-order valence-electron chi connectivity index (χ2n) is 5.11. The molecule has 0 saturated carbocycles. The third kappa shape index (κ3) is 5.66. The number of nitro groups is 1. The number of rotatable bonds is 4. The van der Waals surface area contributed by atoms with Gasteiger partial charge >= 0.3 is 0 Å². The van der Waals surface area contributed by atoms with Crippen LogP contribution in [0.25, 0.3) is 6.08 Å². The zero-order valence-corrected chi connectivity index (χ0v) is 14.7. The highest BCUT2D eigenvalue weighted by atomic mass is 35.5. The van der Waals surface area contributed by atoms with Crippen LogP contribution >= 0.6 is 23.8 Å². The van der Waals surface area contributed by atoms with Crippen molar-refractivity contribution < 1.29 is 9.72 Å². The summed E-state index contributed by atoms with van der Waals surface area (Å²) in [5.74, 6) is -0.415. The normalized spacial score (nSPS) is 10.5. The molecule has 0 bridgehead atoms. The minimum Gasteiger partial charge on any atom is -0.332 e. The van der Waals surface area contributed by atoms with Gasteiger partial charge in [0, 0.05) is 17.8 Å². The molecule has 0 spiro atoms. The first kappa shape index (κ1) is 18.6. The number of carbonyl (C=O) groups is 1. The van der Waals surface area contributed by atoms with E-state index in [0.717, 1.165) is 11.1 Å². The van der Waals surface area contributed by atoms with Crippen LogP contribution in [0.15, 0.2) is 48.5 Å². The molecule has 0 heterocycles. The molecule has 0 saturated heterocycles. The van der Waals surface area contributed by atoms with Gasteiger partial charge in [0.25, 0.3) is 5.69 Å². The molecule has 1 amide bonds. The van der Waals surface area contributed by atoms with E-state index < -0.39 is 10.8 Å². The maximum absolute atomic E-state index is 11.9. The van der Waals surface area contributed by atoms with Crippen molar-refractivity contribution in [3.05, 3.63) is 74.8 Å². The quantitative estimate of drug-likeness (QED) is 0.364. The number of hydrogen-bond acceptors (Lipinski definition) is 4. The Kier molecular flexibility index (Phi) is 6.21. The Hall–Kier alpha value is -2.77. The average molecular weight is 376 g/mol. The molecule has 0 atom stereocenters. The SMILES string of the molecule is Cc1ccc(C=CC(=O)NC(=S)Nc2ccc(Cl)c([N+](=O)[O-])c2)cc1. The molecule has 6 nitrogen and oxygen atoms in total. The van der Waals surface area contributed by atoms with Gasteiger partial charge in [-0.2, -0.15) is 0 Å². The molecule has 25 heavy (non-hydrogen) atoms. The van der Waals surface area contributed by atoms with Gasteiger partial charge in [-0.15, -0.1) is 0 Å². The summed E-state index contributed by atoms with van der Waals surface area (Å²) in [6, 6.07) is 11.8. The van der Waals surface area contributed by atoms with E-state index in [1.54, 1.807) is 6.08 Å². The summed E-state index contributed by atoms with van der Waals surface area (Å²) in [6.07, 6.45) is 3.01. The molecule has 2 N–H and O–H groups in total. The fourth-order valence-electron chi connectivity index (χ4n) is 1.90. The van der Waals surface area contributed by atoms with Crippen molar-refractivity contribution in [2.75, 3.05) is 5.32 Å². The van der Waals surface area contributed by atoms with Gasteiger partial charge in [-0.3, -0.25) is 20.2 Å². The molecule has 0 radical (unpaired) electrons. The number of carbonyl (C=O) groups excluding carboxylic acids is 1. The maximum Gasteiger partial charge on any atom is 0.289 e. The van der Waals surface area contributed by atoms with E-state index in [1.807, 2.05) is 31.2 Å². The molecule has 128 valence electrons. The average Bonchev–Trinajstić information content (AvgIpc) is 2.55. The van der Waals surface area contributed by atoms with Crippen molar-refractivity contribution in [2.24, 2.45) is 0 Å². The highest BCUT2D eigenvalue weighted by Gasteiger charge is 2.13. The summed E-state index contributed by atoms with van der Waals surface area (Å²) in [7, 11) is 0. The zero-order valence-electron chi connectivity index (χ0n) is 13.2. The van der Waals surface area contributed by atoms with Crippen molar-refractivity contribution in [1.29, 1.82) is 0 Å². The van der Waals surface area contributed by atoms with Crippen LogP contribution in [0.5, 0.6) is 0 Å².